The Morgan fingerprint density at radius 1 is 1.30 bits per heavy atom. The summed E-state index contributed by atoms with van der Waals surface area (Å²) in [4.78, 5) is 4.76. The third kappa shape index (κ3) is 3.30. The van der Waals surface area contributed by atoms with Gasteiger partial charge >= 0.3 is 0 Å². The molecule has 0 saturated carbocycles. The van der Waals surface area contributed by atoms with Crippen LogP contribution in [0.1, 0.15) is 35.9 Å². The number of nitrogens with zero attached hydrogens (tertiary/aromatic N) is 3. The second-order valence-electron chi connectivity index (χ2n) is 6.11. The fourth-order valence-electron chi connectivity index (χ4n) is 3.15. The quantitative estimate of drug-likeness (QED) is 0.861. The Bertz CT molecular complexity index is 794. The van der Waals surface area contributed by atoms with Crippen molar-refractivity contribution in [3.8, 4) is 11.3 Å². The zero-order chi connectivity index (χ0) is 16.6. The van der Waals surface area contributed by atoms with E-state index in [1.165, 1.54) is 6.26 Å². The van der Waals surface area contributed by atoms with Gasteiger partial charge in [0, 0.05) is 24.7 Å². The standard InChI is InChI=1S/C16H21N3O3S/c1-11-16(12(2)22-18-11)15-8-4-7-14(17-15)13-6-5-9-19(10-13)23(3,20)21/h4,7-8,13H,5-6,9-10H2,1-3H3. The second-order valence-corrected chi connectivity index (χ2v) is 8.09. The summed E-state index contributed by atoms with van der Waals surface area (Å²) in [5.74, 6) is 0.868. The fourth-order valence-corrected chi connectivity index (χ4v) is 4.06. The lowest BCUT2D eigenvalue weighted by Gasteiger charge is -2.30. The van der Waals surface area contributed by atoms with Gasteiger partial charge in [-0.2, -0.15) is 0 Å². The largest absolute Gasteiger partial charge is 0.361 e. The smallest absolute Gasteiger partial charge is 0.211 e. The van der Waals surface area contributed by atoms with Crippen molar-refractivity contribution in [3.63, 3.8) is 0 Å². The number of rotatable bonds is 3. The Kier molecular flexibility index (Phi) is 4.25. The Balaban J connectivity index is 1.91. The van der Waals surface area contributed by atoms with Gasteiger partial charge in [0.15, 0.2) is 0 Å². The summed E-state index contributed by atoms with van der Waals surface area (Å²) in [7, 11) is -3.15. The molecule has 1 aliphatic rings. The number of aryl methyl sites for hydroxylation is 2. The average Bonchev–Trinajstić information content (AvgIpc) is 2.86. The highest BCUT2D eigenvalue weighted by atomic mass is 32.2. The predicted octanol–water partition coefficient (Wildman–Crippen LogP) is 2.49. The molecule has 2 aromatic heterocycles. The highest BCUT2D eigenvalue weighted by Gasteiger charge is 2.28. The van der Waals surface area contributed by atoms with E-state index in [1.54, 1.807) is 4.31 Å². The number of aromatic nitrogens is 2. The molecule has 0 aromatic carbocycles. The van der Waals surface area contributed by atoms with E-state index in [4.69, 9.17) is 9.51 Å². The van der Waals surface area contributed by atoms with Gasteiger partial charge in [-0.05, 0) is 38.8 Å². The van der Waals surface area contributed by atoms with Crippen LogP contribution in [0.4, 0.5) is 0 Å². The van der Waals surface area contributed by atoms with Gasteiger partial charge in [-0.3, -0.25) is 4.98 Å². The first-order chi connectivity index (χ1) is 10.9. The van der Waals surface area contributed by atoms with E-state index in [1.807, 2.05) is 32.0 Å². The van der Waals surface area contributed by atoms with E-state index >= 15 is 0 Å². The summed E-state index contributed by atoms with van der Waals surface area (Å²) in [6.45, 7) is 4.86. The zero-order valence-electron chi connectivity index (χ0n) is 13.6. The third-order valence-corrected chi connectivity index (χ3v) is 5.60. The highest BCUT2D eigenvalue weighted by molar-refractivity contribution is 7.88. The summed E-state index contributed by atoms with van der Waals surface area (Å²) < 4.78 is 30.3. The molecule has 0 N–H and O–H groups in total. The Labute approximate surface area is 136 Å². The summed E-state index contributed by atoms with van der Waals surface area (Å²) in [6, 6.07) is 5.87. The van der Waals surface area contributed by atoms with E-state index in [0.29, 0.717) is 13.1 Å². The van der Waals surface area contributed by atoms with Crippen LogP contribution in [0.5, 0.6) is 0 Å². The van der Waals surface area contributed by atoms with E-state index in [2.05, 4.69) is 5.16 Å². The molecule has 1 saturated heterocycles. The van der Waals surface area contributed by atoms with Gasteiger partial charge in [0.05, 0.1) is 23.2 Å². The molecule has 1 aliphatic heterocycles. The minimum Gasteiger partial charge on any atom is -0.361 e. The molecule has 0 amide bonds. The minimum absolute atomic E-state index is 0.124. The van der Waals surface area contributed by atoms with Gasteiger partial charge in [-0.25, -0.2) is 12.7 Å². The molecule has 3 heterocycles. The van der Waals surface area contributed by atoms with Crippen molar-refractivity contribution in [3.05, 3.63) is 35.3 Å². The number of hydrogen-bond acceptors (Lipinski definition) is 5. The topological polar surface area (TPSA) is 76.3 Å². The van der Waals surface area contributed by atoms with Crippen molar-refractivity contribution in [2.75, 3.05) is 19.3 Å². The molecule has 124 valence electrons. The van der Waals surface area contributed by atoms with E-state index < -0.39 is 10.0 Å². The molecular formula is C16H21N3O3S. The van der Waals surface area contributed by atoms with Crippen LogP contribution in [0.25, 0.3) is 11.3 Å². The maximum absolute atomic E-state index is 11.8. The lowest BCUT2D eigenvalue weighted by molar-refractivity contribution is 0.314. The number of sulfonamides is 1. The lowest BCUT2D eigenvalue weighted by atomic mass is 9.95. The monoisotopic (exact) mass is 335 g/mol. The van der Waals surface area contributed by atoms with Gasteiger partial charge in [0.25, 0.3) is 0 Å². The van der Waals surface area contributed by atoms with Gasteiger partial charge in [-0.1, -0.05) is 11.2 Å². The number of piperidine rings is 1. The average molecular weight is 335 g/mol. The summed E-state index contributed by atoms with van der Waals surface area (Å²) in [6.07, 6.45) is 3.07. The van der Waals surface area contributed by atoms with Crippen molar-refractivity contribution < 1.29 is 12.9 Å². The summed E-state index contributed by atoms with van der Waals surface area (Å²) >= 11 is 0. The van der Waals surface area contributed by atoms with Gasteiger partial charge in [-0.15, -0.1) is 0 Å². The zero-order valence-corrected chi connectivity index (χ0v) is 14.4. The van der Waals surface area contributed by atoms with Crippen LogP contribution < -0.4 is 0 Å². The van der Waals surface area contributed by atoms with Crippen molar-refractivity contribution in [2.24, 2.45) is 0 Å². The molecule has 0 bridgehead atoms. The molecule has 3 rings (SSSR count). The van der Waals surface area contributed by atoms with Crippen LogP contribution in [0.3, 0.4) is 0 Å². The van der Waals surface area contributed by atoms with Gasteiger partial charge in [0.1, 0.15) is 5.76 Å². The lowest BCUT2D eigenvalue weighted by Crippen LogP contribution is -2.38. The summed E-state index contributed by atoms with van der Waals surface area (Å²) in [5, 5.41) is 3.98. The van der Waals surface area contributed by atoms with E-state index in [-0.39, 0.29) is 5.92 Å². The Morgan fingerprint density at radius 3 is 2.74 bits per heavy atom. The molecule has 1 unspecified atom stereocenters. The third-order valence-electron chi connectivity index (χ3n) is 4.33. The van der Waals surface area contributed by atoms with Crippen LogP contribution in [0.2, 0.25) is 0 Å². The molecule has 0 spiro atoms. The van der Waals surface area contributed by atoms with Crippen molar-refractivity contribution in [1.29, 1.82) is 0 Å². The van der Waals surface area contributed by atoms with Crippen molar-refractivity contribution >= 4 is 10.0 Å². The van der Waals surface area contributed by atoms with Crippen molar-refractivity contribution in [1.82, 2.24) is 14.4 Å². The first-order valence-electron chi connectivity index (χ1n) is 7.71. The molecule has 6 nitrogen and oxygen atoms in total. The van der Waals surface area contributed by atoms with Crippen LogP contribution in [-0.2, 0) is 10.0 Å². The molecular weight excluding hydrogens is 314 g/mol. The second kappa shape index (κ2) is 6.05. The van der Waals surface area contributed by atoms with Gasteiger partial charge in [0.2, 0.25) is 10.0 Å². The first-order valence-corrected chi connectivity index (χ1v) is 9.56. The molecule has 23 heavy (non-hydrogen) atoms. The van der Waals surface area contributed by atoms with E-state index in [9.17, 15) is 8.42 Å². The van der Waals surface area contributed by atoms with E-state index in [0.717, 1.165) is 41.2 Å². The first kappa shape index (κ1) is 16.1. The van der Waals surface area contributed by atoms with Crippen molar-refractivity contribution in [2.45, 2.75) is 32.6 Å². The predicted molar refractivity (Wildman–Crippen MR) is 87.6 cm³/mol. The molecule has 1 atom stereocenters. The van der Waals surface area contributed by atoms with Gasteiger partial charge < -0.3 is 4.52 Å². The number of hydrogen-bond donors (Lipinski definition) is 0. The Hall–Kier alpha value is -1.73. The fraction of sp³-hybridized carbons (Fsp3) is 0.500. The normalized spacial score (nSPS) is 19.9. The summed E-state index contributed by atoms with van der Waals surface area (Å²) in [5.41, 5.74) is 3.49. The minimum atomic E-state index is -3.15. The highest BCUT2D eigenvalue weighted by Crippen LogP contribution is 2.30. The maximum atomic E-state index is 11.8. The Morgan fingerprint density at radius 2 is 2.09 bits per heavy atom. The number of pyridine rings is 1. The van der Waals surface area contributed by atoms with Crippen LogP contribution in [0, 0.1) is 13.8 Å². The molecule has 1 fully saturated rings. The molecule has 7 heteroatoms. The van der Waals surface area contributed by atoms with Crippen LogP contribution >= 0.6 is 0 Å². The van der Waals surface area contributed by atoms with Crippen LogP contribution in [-0.4, -0.2) is 42.2 Å². The van der Waals surface area contributed by atoms with Crippen LogP contribution in [0.15, 0.2) is 22.7 Å². The maximum Gasteiger partial charge on any atom is 0.211 e. The molecule has 0 radical (unpaired) electrons. The molecule has 0 aliphatic carbocycles. The molecule has 2 aromatic rings. The SMILES string of the molecule is Cc1noc(C)c1-c1cccc(C2CCCN(S(C)(=O)=O)C2)n1.